The highest BCUT2D eigenvalue weighted by Crippen LogP contribution is 2.18. The fraction of sp³-hybridized carbons (Fsp3) is 0.579. The van der Waals surface area contributed by atoms with Gasteiger partial charge in [-0.3, -0.25) is 9.79 Å². The van der Waals surface area contributed by atoms with Crippen LogP contribution in [0.3, 0.4) is 0 Å². The number of guanidine groups is 1. The first kappa shape index (κ1) is 23.8. The molecule has 2 N–H and O–H groups in total. The van der Waals surface area contributed by atoms with E-state index in [1.54, 1.807) is 6.07 Å². The standard InChI is InChI=1S/C19H29ClN4O2.HI/c1-3-21-19(22-11-5-8-18(25)23-16-9-10-16)24(2)12-13-26-17-7-4-6-15(20)14-17;/h4,6-7,14,16H,3,5,8-13H2,1-2H3,(H,21,22)(H,23,25);1H. The molecule has 0 heterocycles. The van der Waals surface area contributed by atoms with E-state index in [9.17, 15) is 4.79 Å². The van der Waals surface area contributed by atoms with E-state index in [4.69, 9.17) is 16.3 Å². The number of carbonyl (C=O) groups excluding carboxylic acids is 1. The summed E-state index contributed by atoms with van der Waals surface area (Å²) in [6.45, 7) is 4.68. The summed E-state index contributed by atoms with van der Waals surface area (Å²) in [6, 6.07) is 7.80. The first-order valence-electron chi connectivity index (χ1n) is 9.25. The number of hydrogen-bond donors (Lipinski definition) is 2. The summed E-state index contributed by atoms with van der Waals surface area (Å²) < 4.78 is 5.72. The second kappa shape index (κ2) is 13.0. The van der Waals surface area contributed by atoms with Gasteiger partial charge in [-0.25, -0.2) is 0 Å². The van der Waals surface area contributed by atoms with Gasteiger partial charge < -0.3 is 20.3 Å². The number of carbonyl (C=O) groups is 1. The molecule has 27 heavy (non-hydrogen) atoms. The highest BCUT2D eigenvalue weighted by atomic mass is 127. The number of hydrogen-bond acceptors (Lipinski definition) is 3. The van der Waals surface area contributed by atoms with Gasteiger partial charge in [0.25, 0.3) is 0 Å². The van der Waals surface area contributed by atoms with E-state index in [1.807, 2.05) is 37.1 Å². The second-order valence-electron chi connectivity index (χ2n) is 6.41. The lowest BCUT2D eigenvalue weighted by atomic mass is 10.3. The summed E-state index contributed by atoms with van der Waals surface area (Å²) in [6.07, 6.45) is 3.52. The van der Waals surface area contributed by atoms with Gasteiger partial charge in [0.05, 0.1) is 6.54 Å². The second-order valence-corrected chi connectivity index (χ2v) is 6.84. The van der Waals surface area contributed by atoms with Crippen LogP contribution in [0.2, 0.25) is 5.02 Å². The summed E-state index contributed by atoms with van der Waals surface area (Å²) in [5, 5.41) is 6.93. The number of halogens is 2. The molecule has 0 bridgehead atoms. The minimum absolute atomic E-state index is 0. The molecule has 2 rings (SSSR count). The number of ether oxygens (including phenoxy) is 1. The fourth-order valence-corrected chi connectivity index (χ4v) is 2.57. The Balaban J connectivity index is 0.00000364. The van der Waals surface area contributed by atoms with Crippen molar-refractivity contribution < 1.29 is 9.53 Å². The summed E-state index contributed by atoms with van der Waals surface area (Å²) in [5.41, 5.74) is 0. The molecule has 8 heteroatoms. The quantitative estimate of drug-likeness (QED) is 0.220. The van der Waals surface area contributed by atoms with Gasteiger partial charge in [0.2, 0.25) is 5.91 Å². The van der Waals surface area contributed by atoms with Gasteiger partial charge in [0.15, 0.2) is 5.96 Å². The summed E-state index contributed by atoms with van der Waals surface area (Å²) in [5.74, 6) is 1.72. The number of nitrogens with zero attached hydrogens (tertiary/aromatic N) is 2. The molecule has 1 aromatic carbocycles. The number of likely N-dealkylation sites (N-methyl/N-ethyl adjacent to an activating group) is 1. The van der Waals surface area contributed by atoms with Crippen LogP contribution < -0.4 is 15.4 Å². The van der Waals surface area contributed by atoms with Crippen LogP contribution in [0.5, 0.6) is 5.75 Å². The Morgan fingerprint density at radius 1 is 1.41 bits per heavy atom. The van der Waals surface area contributed by atoms with Crippen LogP contribution in [-0.4, -0.2) is 56.1 Å². The Hall–Kier alpha value is -1.22. The molecule has 0 radical (unpaired) electrons. The van der Waals surface area contributed by atoms with Crippen molar-refractivity contribution in [2.75, 3.05) is 33.3 Å². The van der Waals surface area contributed by atoms with Crippen LogP contribution in [0.4, 0.5) is 0 Å². The predicted molar refractivity (Wildman–Crippen MR) is 121 cm³/mol. The lowest BCUT2D eigenvalue weighted by molar-refractivity contribution is -0.121. The molecule has 0 saturated heterocycles. The lowest BCUT2D eigenvalue weighted by Crippen LogP contribution is -2.41. The lowest BCUT2D eigenvalue weighted by Gasteiger charge is -2.22. The van der Waals surface area contributed by atoms with Crippen LogP contribution in [0.25, 0.3) is 0 Å². The van der Waals surface area contributed by atoms with Gasteiger partial charge >= 0.3 is 0 Å². The maximum atomic E-state index is 11.7. The minimum Gasteiger partial charge on any atom is -0.492 e. The fourth-order valence-electron chi connectivity index (χ4n) is 2.38. The third-order valence-electron chi connectivity index (χ3n) is 3.95. The van der Waals surface area contributed by atoms with Crippen LogP contribution in [0.15, 0.2) is 29.3 Å². The molecular weight excluding hydrogens is 479 g/mol. The minimum atomic E-state index is 0. The molecule has 1 saturated carbocycles. The van der Waals surface area contributed by atoms with Crippen molar-refractivity contribution in [2.24, 2.45) is 4.99 Å². The molecule has 1 aliphatic rings. The molecule has 0 atom stereocenters. The monoisotopic (exact) mass is 508 g/mol. The van der Waals surface area contributed by atoms with Crippen LogP contribution >= 0.6 is 35.6 Å². The van der Waals surface area contributed by atoms with Gasteiger partial charge in [0.1, 0.15) is 12.4 Å². The summed E-state index contributed by atoms with van der Waals surface area (Å²) >= 11 is 5.95. The van der Waals surface area contributed by atoms with E-state index in [1.165, 1.54) is 0 Å². The van der Waals surface area contributed by atoms with Crippen molar-refractivity contribution >= 4 is 47.4 Å². The van der Waals surface area contributed by atoms with Crippen molar-refractivity contribution in [3.05, 3.63) is 29.3 Å². The third kappa shape index (κ3) is 10.0. The zero-order chi connectivity index (χ0) is 18.8. The highest BCUT2D eigenvalue weighted by molar-refractivity contribution is 14.0. The molecule has 152 valence electrons. The van der Waals surface area contributed by atoms with Gasteiger partial charge in [-0.1, -0.05) is 17.7 Å². The van der Waals surface area contributed by atoms with E-state index in [2.05, 4.69) is 15.6 Å². The van der Waals surface area contributed by atoms with Gasteiger partial charge in [-0.15, -0.1) is 24.0 Å². The number of benzene rings is 1. The van der Waals surface area contributed by atoms with Crippen LogP contribution in [0, 0.1) is 0 Å². The first-order chi connectivity index (χ1) is 12.6. The average molecular weight is 509 g/mol. The Labute approximate surface area is 184 Å². The van der Waals surface area contributed by atoms with Crippen molar-refractivity contribution in [2.45, 2.75) is 38.6 Å². The summed E-state index contributed by atoms with van der Waals surface area (Å²) in [7, 11) is 1.97. The van der Waals surface area contributed by atoms with E-state index in [0.29, 0.717) is 37.2 Å². The van der Waals surface area contributed by atoms with Crippen molar-refractivity contribution in [1.82, 2.24) is 15.5 Å². The largest absolute Gasteiger partial charge is 0.492 e. The highest BCUT2D eigenvalue weighted by Gasteiger charge is 2.22. The zero-order valence-corrected chi connectivity index (χ0v) is 19.1. The maximum absolute atomic E-state index is 11.7. The molecule has 6 nitrogen and oxygen atoms in total. The zero-order valence-electron chi connectivity index (χ0n) is 16.0. The van der Waals surface area contributed by atoms with E-state index >= 15 is 0 Å². The van der Waals surface area contributed by atoms with Crippen LogP contribution in [0.1, 0.15) is 32.6 Å². The SMILES string of the molecule is CCNC(=NCCCC(=O)NC1CC1)N(C)CCOc1cccc(Cl)c1.I. The molecule has 1 aromatic rings. The summed E-state index contributed by atoms with van der Waals surface area (Å²) in [4.78, 5) is 18.3. The maximum Gasteiger partial charge on any atom is 0.220 e. The Kier molecular flexibility index (Phi) is 11.5. The van der Waals surface area contributed by atoms with E-state index in [-0.39, 0.29) is 29.9 Å². The van der Waals surface area contributed by atoms with Gasteiger partial charge in [-0.2, -0.15) is 0 Å². The normalized spacial score (nSPS) is 13.5. The Morgan fingerprint density at radius 2 is 2.19 bits per heavy atom. The average Bonchev–Trinajstić information content (AvgIpc) is 3.41. The molecule has 1 amide bonds. The Morgan fingerprint density at radius 3 is 2.85 bits per heavy atom. The van der Waals surface area contributed by atoms with Crippen LogP contribution in [-0.2, 0) is 4.79 Å². The van der Waals surface area contributed by atoms with Crippen molar-refractivity contribution in [1.29, 1.82) is 0 Å². The smallest absolute Gasteiger partial charge is 0.220 e. The molecule has 0 unspecified atom stereocenters. The molecule has 0 aliphatic heterocycles. The number of aliphatic imine (C=N–C) groups is 1. The number of rotatable bonds is 10. The molecular formula is C19H30ClIN4O2. The van der Waals surface area contributed by atoms with E-state index in [0.717, 1.165) is 37.5 Å². The van der Waals surface area contributed by atoms with E-state index < -0.39 is 0 Å². The molecule has 1 fully saturated rings. The van der Waals surface area contributed by atoms with Crippen molar-refractivity contribution in [3.8, 4) is 5.75 Å². The topological polar surface area (TPSA) is 66.0 Å². The third-order valence-corrected chi connectivity index (χ3v) is 4.19. The number of nitrogens with one attached hydrogen (secondary N) is 2. The predicted octanol–water partition coefficient (Wildman–Crippen LogP) is 3.29. The van der Waals surface area contributed by atoms with Gasteiger partial charge in [0, 0.05) is 37.6 Å². The van der Waals surface area contributed by atoms with Gasteiger partial charge in [-0.05, 0) is 44.4 Å². The van der Waals surface area contributed by atoms with Crippen molar-refractivity contribution in [3.63, 3.8) is 0 Å². The Bertz CT molecular complexity index is 611. The number of amides is 1. The molecule has 1 aliphatic carbocycles. The molecule has 0 spiro atoms. The molecule has 0 aromatic heterocycles. The first-order valence-corrected chi connectivity index (χ1v) is 9.63.